The highest BCUT2D eigenvalue weighted by Gasteiger charge is 2.24. The lowest BCUT2D eigenvalue weighted by Gasteiger charge is -2.15. The van der Waals surface area contributed by atoms with Crippen LogP contribution in [0.3, 0.4) is 0 Å². The van der Waals surface area contributed by atoms with E-state index in [0.717, 1.165) is 4.57 Å². The molecule has 3 rings (SSSR count). The summed E-state index contributed by atoms with van der Waals surface area (Å²) in [5.41, 5.74) is -0.357. The average Bonchev–Trinajstić information content (AvgIpc) is 3.14. The van der Waals surface area contributed by atoms with Gasteiger partial charge >= 0.3 is 11.7 Å². The van der Waals surface area contributed by atoms with E-state index in [-0.39, 0.29) is 30.9 Å². The molecule has 1 unspecified atom stereocenters. The van der Waals surface area contributed by atoms with Crippen molar-refractivity contribution in [1.82, 2.24) is 18.7 Å². The van der Waals surface area contributed by atoms with Gasteiger partial charge in [0.05, 0.1) is 31.8 Å². The van der Waals surface area contributed by atoms with Gasteiger partial charge in [-0.1, -0.05) is 11.6 Å². The zero-order valence-corrected chi connectivity index (χ0v) is 17.0. The van der Waals surface area contributed by atoms with Gasteiger partial charge in [0, 0.05) is 12.1 Å². The van der Waals surface area contributed by atoms with Gasteiger partial charge in [-0.05, 0) is 38.1 Å². The SMILES string of the molecule is CCOC(=O)C(C)n1cnc2c1c(=O)n(CCOC)c(=O)n2-c1ccc(Cl)cc1. The molecule has 9 nitrogen and oxygen atoms in total. The van der Waals surface area contributed by atoms with Gasteiger partial charge in [0.1, 0.15) is 6.04 Å². The Bertz CT molecular complexity index is 1150. The highest BCUT2D eigenvalue weighted by Crippen LogP contribution is 2.19. The molecule has 0 bridgehead atoms. The van der Waals surface area contributed by atoms with Gasteiger partial charge in [-0.2, -0.15) is 0 Å². The first kappa shape index (κ1) is 20.8. The minimum Gasteiger partial charge on any atom is -0.464 e. The molecule has 10 heteroatoms. The molecule has 0 saturated carbocycles. The fourth-order valence-corrected chi connectivity index (χ4v) is 3.15. The van der Waals surface area contributed by atoms with Gasteiger partial charge in [-0.25, -0.2) is 19.1 Å². The van der Waals surface area contributed by atoms with Crippen LogP contribution in [0.15, 0.2) is 40.2 Å². The third kappa shape index (κ3) is 3.83. The second kappa shape index (κ2) is 8.62. The number of aromatic nitrogens is 4. The van der Waals surface area contributed by atoms with E-state index in [2.05, 4.69) is 4.98 Å². The van der Waals surface area contributed by atoms with E-state index in [1.54, 1.807) is 38.1 Å². The van der Waals surface area contributed by atoms with E-state index in [1.165, 1.54) is 22.6 Å². The maximum Gasteiger partial charge on any atom is 0.337 e. The molecule has 1 aromatic carbocycles. The summed E-state index contributed by atoms with van der Waals surface area (Å²) in [5, 5.41) is 0.507. The Labute approximate surface area is 171 Å². The maximum atomic E-state index is 13.1. The normalized spacial score (nSPS) is 12.3. The number of methoxy groups -OCH3 is 1. The molecule has 0 saturated heterocycles. The summed E-state index contributed by atoms with van der Waals surface area (Å²) in [4.78, 5) is 42.7. The molecule has 0 aliphatic carbocycles. The number of rotatable bonds is 7. The summed E-state index contributed by atoms with van der Waals surface area (Å²) in [6.07, 6.45) is 1.36. The summed E-state index contributed by atoms with van der Waals surface area (Å²) >= 11 is 5.96. The zero-order chi connectivity index (χ0) is 21.1. The van der Waals surface area contributed by atoms with E-state index < -0.39 is 23.3 Å². The molecule has 0 spiro atoms. The van der Waals surface area contributed by atoms with E-state index >= 15 is 0 Å². The van der Waals surface area contributed by atoms with Crippen LogP contribution in [0, 0.1) is 0 Å². The second-order valence-electron chi connectivity index (χ2n) is 6.30. The summed E-state index contributed by atoms with van der Waals surface area (Å²) in [7, 11) is 1.48. The number of ether oxygens (including phenoxy) is 2. The van der Waals surface area contributed by atoms with Crippen molar-refractivity contribution in [2.75, 3.05) is 20.3 Å². The predicted octanol–water partition coefficient (Wildman–Crippen LogP) is 1.77. The predicted molar refractivity (Wildman–Crippen MR) is 108 cm³/mol. The number of imidazole rings is 1. The number of esters is 1. The Morgan fingerprint density at radius 2 is 1.93 bits per heavy atom. The molecular formula is C19H21ClN4O5. The number of benzene rings is 1. The molecule has 3 aromatic rings. The molecule has 2 heterocycles. The van der Waals surface area contributed by atoms with Crippen molar-refractivity contribution in [3.63, 3.8) is 0 Å². The Morgan fingerprint density at radius 1 is 1.24 bits per heavy atom. The first-order valence-electron chi connectivity index (χ1n) is 9.04. The molecule has 29 heavy (non-hydrogen) atoms. The fourth-order valence-electron chi connectivity index (χ4n) is 3.02. The van der Waals surface area contributed by atoms with Gasteiger partial charge in [-0.15, -0.1) is 0 Å². The van der Waals surface area contributed by atoms with Crippen molar-refractivity contribution in [1.29, 1.82) is 0 Å². The molecule has 0 N–H and O–H groups in total. The fraction of sp³-hybridized carbons (Fsp3) is 0.368. The minimum absolute atomic E-state index is 0.0522. The summed E-state index contributed by atoms with van der Waals surface area (Å²) in [6, 6.07) is 5.79. The number of fused-ring (bicyclic) bond motifs is 1. The molecular weight excluding hydrogens is 400 g/mol. The average molecular weight is 421 g/mol. The molecule has 0 amide bonds. The van der Waals surface area contributed by atoms with Gasteiger partial charge in [-0.3, -0.25) is 9.36 Å². The largest absolute Gasteiger partial charge is 0.464 e. The van der Waals surface area contributed by atoms with Crippen LogP contribution in [0.25, 0.3) is 16.9 Å². The molecule has 2 aromatic heterocycles. The van der Waals surface area contributed by atoms with Crippen LogP contribution in [0.4, 0.5) is 0 Å². The summed E-state index contributed by atoms with van der Waals surface area (Å²) in [5.74, 6) is -0.501. The van der Waals surface area contributed by atoms with Crippen molar-refractivity contribution in [3.05, 3.63) is 56.5 Å². The zero-order valence-electron chi connectivity index (χ0n) is 16.3. The molecule has 0 radical (unpaired) electrons. The first-order valence-corrected chi connectivity index (χ1v) is 9.42. The van der Waals surface area contributed by atoms with E-state index in [4.69, 9.17) is 21.1 Å². The molecule has 0 fully saturated rings. The minimum atomic E-state index is -0.792. The Balaban J connectivity index is 2.33. The monoisotopic (exact) mass is 420 g/mol. The Morgan fingerprint density at radius 3 is 2.55 bits per heavy atom. The van der Waals surface area contributed by atoms with Crippen LogP contribution >= 0.6 is 11.6 Å². The van der Waals surface area contributed by atoms with Crippen LogP contribution in [0.2, 0.25) is 5.02 Å². The van der Waals surface area contributed by atoms with Gasteiger partial charge in [0.15, 0.2) is 11.2 Å². The standard InChI is InChI=1S/C19H21ClN4O5/c1-4-29-18(26)12(2)23-11-21-16-15(23)17(25)22(9-10-28-3)19(27)24(16)14-7-5-13(20)6-8-14/h5-8,11-12H,4,9-10H2,1-3H3. The summed E-state index contributed by atoms with van der Waals surface area (Å²) < 4.78 is 13.9. The van der Waals surface area contributed by atoms with Crippen LogP contribution in [0.5, 0.6) is 0 Å². The molecule has 1 atom stereocenters. The number of carbonyl (C=O) groups is 1. The maximum absolute atomic E-state index is 13.1. The van der Waals surface area contributed by atoms with Gasteiger partial charge in [0.25, 0.3) is 5.56 Å². The lowest BCUT2D eigenvalue weighted by molar-refractivity contribution is -0.146. The third-order valence-electron chi connectivity index (χ3n) is 4.50. The Kier molecular flexibility index (Phi) is 6.19. The number of hydrogen-bond acceptors (Lipinski definition) is 6. The van der Waals surface area contributed by atoms with Crippen molar-refractivity contribution >= 4 is 28.7 Å². The van der Waals surface area contributed by atoms with Crippen LogP contribution < -0.4 is 11.2 Å². The second-order valence-corrected chi connectivity index (χ2v) is 6.73. The highest BCUT2D eigenvalue weighted by molar-refractivity contribution is 6.30. The topological polar surface area (TPSA) is 97.4 Å². The Hall–Kier alpha value is -2.91. The van der Waals surface area contributed by atoms with E-state index in [0.29, 0.717) is 10.7 Å². The van der Waals surface area contributed by atoms with Crippen molar-refractivity contribution < 1.29 is 14.3 Å². The van der Waals surface area contributed by atoms with Gasteiger partial charge < -0.3 is 14.0 Å². The summed E-state index contributed by atoms with van der Waals surface area (Å²) in [6.45, 7) is 3.74. The third-order valence-corrected chi connectivity index (χ3v) is 4.76. The molecule has 0 aliphatic heterocycles. The van der Waals surface area contributed by atoms with Crippen molar-refractivity contribution in [2.45, 2.75) is 26.4 Å². The molecule has 0 aliphatic rings. The number of hydrogen-bond donors (Lipinski definition) is 0. The number of carbonyl (C=O) groups excluding carboxylic acids is 1. The van der Waals surface area contributed by atoms with Crippen molar-refractivity contribution in [2.24, 2.45) is 0 Å². The van der Waals surface area contributed by atoms with Crippen LogP contribution in [0.1, 0.15) is 19.9 Å². The van der Waals surface area contributed by atoms with Gasteiger partial charge in [0.2, 0.25) is 0 Å². The van der Waals surface area contributed by atoms with E-state index in [9.17, 15) is 14.4 Å². The number of halogens is 1. The quantitative estimate of drug-likeness (QED) is 0.540. The first-order chi connectivity index (χ1) is 13.9. The van der Waals surface area contributed by atoms with E-state index in [1.807, 2.05) is 0 Å². The van der Waals surface area contributed by atoms with Crippen molar-refractivity contribution in [3.8, 4) is 5.69 Å². The van der Waals surface area contributed by atoms with Crippen LogP contribution in [-0.4, -0.2) is 45.0 Å². The molecule has 154 valence electrons. The highest BCUT2D eigenvalue weighted by atomic mass is 35.5. The lowest BCUT2D eigenvalue weighted by atomic mass is 10.3. The van der Waals surface area contributed by atoms with Crippen LogP contribution in [-0.2, 0) is 20.8 Å². The number of nitrogens with zero attached hydrogens (tertiary/aromatic N) is 4. The lowest BCUT2D eigenvalue weighted by Crippen LogP contribution is -2.41. The smallest absolute Gasteiger partial charge is 0.337 e.